The monoisotopic (exact) mass is 658 g/mol. The van der Waals surface area contributed by atoms with Gasteiger partial charge in [-0.15, -0.1) is 0 Å². The Morgan fingerprint density at radius 2 is 1.87 bits per heavy atom. The molecule has 6 rings (SSSR count). The van der Waals surface area contributed by atoms with Crippen LogP contribution in [0, 0.1) is 11.6 Å². The Morgan fingerprint density at radius 3 is 2.57 bits per heavy atom. The zero-order chi connectivity index (χ0) is 32.4. The molecule has 4 heterocycles. The first kappa shape index (κ1) is 32.0. The van der Waals surface area contributed by atoms with Gasteiger partial charge in [0.1, 0.15) is 17.7 Å². The summed E-state index contributed by atoms with van der Waals surface area (Å²) in [6, 6.07) is 7.43. The second kappa shape index (κ2) is 13.4. The molecule has 2 aromatic carbocycles. The number of aromatic nitrogens is 2. The van der Waals surface area contributed by atoms with E-state index in [1.165, 1.54) is 6.92 Å². The van der Waals surface area contributed by atoms with E-state index in [9.17, 15) is 26.8 Å². The number of amides is 1. The Balaban J connectivity index is 1.27. The van der Waals surface area contributed by atoms with Gasteiger partial charge in [-0.3, -0.25) is 14.7 Å². The molecule has 15 heteroatoms. The summed E-state index contributed by atoms with van der Waals surface area (Å²) in [6.07, 6.45) is 3.01. The predicted octanol–water partition coefficient (Wildman–Crippen LogP) is 3.63. The molecule has 3 aliphatic heterocycles. The highest BCUT2D eigenvalue weighted by Crippen LogP contribution is 2.33. The van der Waals surface area contributed by atoms with E-state index >= 15 is 0 Å². The van der Waals surface area contributed by atoms with Crippen molar-refractivity contribution < 1.29 is 36.3 Å². The molecule has 2 atom stereocenters. The Labute approximate surface area is 265 Å². The minimum absolute atomic E-state index is 0.0527. The van der Waals surface area contributed by atoms with Gasteiger partial charge in [-0.2, -0.15) is 9.40 Å². The molecule has 0 aliphatic carbocycles. The number of fused-ring (bicyclic) bond motifs is 1. The SMILES string of the molecule is CC(=O)O[C@@H](c1ccc(C(=O)Nc2n[nH]c3c2CN(S(=O)(=O)c2cc(F)cc(F)c2)CC3)c(NC2CCOCC2)c1)C1CCCN1. The summed E-state index contributed by atoms with van der Waals surface area (Å²) in [5.74, 6) is -2.73. The molecule has 46 heavy (non-hydrogen) atoms. The summed E-state index contributed by atoms with van der Waals surface area (Å²) in [5, 5.41) is 16.8. The molecule has 3 aromatic rings. The summed E-state index contributed by atoms with van der Waals surface area (Å²) < 4.78 is 66.6. The number of benzene rings is 2. The van der Waals surface area contributed by atoms with Crippen molar-refractivity contribution in [1.29, 1.82) is 0 Å². The number of hydrogen-bond acceptors (Lipinski definition) is 9. The van der Waals surface area contributed by atoms with E-state index in [1.807, 2.05) is 6.07 Å². The number of esters is 1. The number of nitrogens with one attached hydrogen (secondary N) is 4. The highest BCUT2D eigenvalue weighted by Gasteiger charge is 2.33. The van der Waals surface area contributed by atoms with Crippen molar-refractivity contribution in [2.24, 2.45) is 0 Å². The zero-order valence-corrected chi connectivity index (χ0v) is 26.1. The first-order valence-electron chi connectivity index (χ1n) is 15.3. The van der Waals surface area contributed by atoms with Crippen LogP contribution >= 0.6 is 0 Å². The van der Waals surface area contributed by atoms with Crippen molar-refractivity contribution in [3.05, 3.63) is 70.4 Å². The van der Waals surface area contributed by atoms with Crippen LogP contribution in [0.25, 0.3) is 0 Å². The number of ether oxygens (including phenoxy) is 2. The topological polar surface area (TPSA) is 155 Å². The number of hydrogen-bond donors (Lipinski definition) is 4. The van der Waals surface area contributed by atoms with E-state index in [4.69, 9.17) is 9.47 Å². The van der Waals surface area contributed by atoms with Gasteiger partial charge < -0.3 is 25.4 Å². The van der Waals surface area contributed by atoms with Crippen LogP contribution in [-0.2, 0) is 37.3 Å². The second-order valence-electron chi connectivity index (χ2n) is 11.7. The fourth-order valence-corrected chi connectivity index (χ4v) is 7.68. The third kappa shape index (κ3) is 6.92. The lowest BCUT2D eigenvalue weighted by Gasteiger charge is -2.28. The van der Waals surface area contributed by atoms with E-state index in [0.717, 1.165) is 54.2 Å². The van der Waals surface area contributed by atoms with Gasteiger partial charge in [0.05, 0.1) is 10.5 Å². The standard InChI is InChI=1S/C31H36F2N6O6S/c1-18(40)45-29(27-3-2-9-34-27)19-4-5-24(28(13-19)35-22-7-11-44-12-8-22)31(41)36-30-25-17-39(10-6-26(25)37-38-30)46(42,43)23-15-20(32)14-21(33)16-23/h4-5,13-16,22,27,29,34-35H,2-3,6-12,17H2,1H3,(H2,36,37,38,41)/t27?,29-/m0/s1. The number of sulfonamides is 1. The lowest BCUT2D eigenvalue weighted by molar-refractivity contribution is -0.148. The highest BCUT2D eigenvalue weighted by molar-refractivity contribution is 7.89. The van der Waals surface area contributed by atoms with Crippen molar-refractivity contribution in [3.63, 3.8) is 0 Å². The number of halogens is 2. The lowest BCUT2D eigenvalue weighted by Crippen LogP contribution is -2.36. The lowest BCUT2D eigenvalue weighted by atomic mass is 9.97. The molecule has 0 bridgehead atoms. The van der Waals surface area contributed by atoms with E-state index in [2.05, 4.69) is 26.1 Å². The fraction of sp³-hybridized carbons (Fsp3) is 0.452. The molecule has 2 saturated heterocycles. The average Bonchev–Trinajstić information content (AvgIpc) is 3.70. The number of aromatic amines is 1. The van der Waals surface area contributed by atoms with E-state index in [0.29, 0.717) is 41.8 Å². The highest BCUT2D eigenvalue weighted by atomic mass is 32.2. The molecule has 1 amide bonds. The Hall–Kier alpha value is -3.92. The number of H-pyrrole nitrogens is 1. The first-order valence-corrected chi connectivity index (χ1v) is 16.7. The summed E-state index contributed by atoms with van der Waals surface area (Å²) in [7, 11) is -4.24. The van der Waals surface area contributed by atoms with Crippen molar-refractivity contribution >= 4 is 33.4 Å². The van der Waals surface area contributed by atoms with E-state index in [-0.39, 0.29) is 37.4 Å². The molecule has 4 N–H and O–H groups in total. The number of anilines is 2. The zero-order valence-electron chi connectivity index (χ0n) is 25.3. The van der Waals surface area contributed by atoms with Crippen molar-refractivity contribution in [3.8, 4) is 0 Å². The van der Waals surface area contributed by atoms with Crippen LogP contribution in [0.2, 0.25) is 0 Å². The van der Waals surface area contributed by atoms with Crippen LogP contribution < -0.4 is 16.0 Å². The summed E-state index contributed by atoms with van der Waals surface area (Å²) in [6.45, 7) is 3.26. The quantitative estimate of drug-likeness (QED) is 0.252. The Morgan fingerprint density at radius 1 is 1.11 bits per heavy atom. The minimum Gasteiger partial charge on any atom is -0.456 e. The van der Waals surface area contributed by atoms with E-state index < -0.39 is 44.5 Å². The van der Waals surface area contributed by atoms with Crippen LogP contribution in [0.15, 0.2) is 41.3 Å². The molecule has 0 radical (unpaired) electrons. The fourth-order valence-electron chi connectivity index (χ4n) is 6.23. The molecule has 1 aromatic heterocycles. The summed E-state index contributed by atoms with van der Waals surface area (Å²) >= 11 is 0. The minimum atomic E-state index is -4.24. The van der Waals surface area contributed by atoms with Crippen LogP contribution in [0.3, 0.4) is 0 Å². The summed E-state index contributed by atoms with van der Waals surface area (Å²) in [4.78, 5) is 25.3. The van der Waals surface area contributed by atoms with Crippen molar-refractivity contribution in [2.75, 3.05) is 36.9 Å². The Kier molecular flexibility index (Phi) is 9.36. The van der Waals surface area contributed by atoms with Gasteiger partial charge in [0.25, 0.3) is 5.91 Å². The molecular formula is C31H36F2N6O6S. The molecular weight excluding hydrogens is 622 g/mol. The number of rotatable bonds is 9. The second-order valence-corrected chi connectivity index (χ2v) is 13.7. The smallest absolute Gasteiger partial charge is 0.303 e. The molecule has 12 nitrogen and oxygen atoms in total. The largest absolute Gasteiger partial charge is 0.456 e. The molecule has 3 aliphatic rings. The molecule has 0 spiro atoms. The maximum absolute atomic E-state index is 13.8. The van der Waals surface area contributed by atoms with Gasteiger partial charge in [0.2, 0.25) is 10.0 Å². The molecule has 0 saturated carbocycles. The number of carbonyl (C=O) groups is 2. The number of nitrogens with zero attached hydrogens (tertiary/aromatic N) is 2. The van der Waals surface area contributed by atoms with Gasteiger partial charge in [-0.05, 0) is 62.1 Å². The molecule has 1 unspecified atom stereocenters. The predicted molar refractivity (Wildman–Crippen MR) is 164 cm³/mol. The Bertz CT molecular complexity index is 1700. The number of carbonyl (C=O) groups excluding carboxylic acids is 2. The van der Waals surface area contributed by atoms with Crippen molar-refractivity contribution in [2.45, 2.75) is 68.7 Å². The summed E-state index contributed by atoms with van der Waals surface area (Å²) in [5.41, 5.74) is 2.73. The maximum atomic E-state index is 13.8. The molecule has 246 valence electrons. The first-order chi connectivity index (χ1) is 22.1. The van der Waals surface area contributed by atoms with Gasteiger partial charge in [-0.25, -0.2) is 17.2 Å². The van der Waals surface area contributed by atoms with Gasteiger partial charge >= 0.3 is 5.97 Å². The average molecular weight is 659 g/mol. The van der Waals surface area contributed by atoms with Gasteiger partial charge in [0, 0.05) is 74.7 Å². The van der Waals surface area contributed by atoms with Crippen LogP contribution in [0.5, 0.6) is 0 Å². The van der Waals surface area contributed by atoms with Crippen molar-refractivity contribution in [1.82, 2.24) is 19.8 Å². The van der Waals surface area contributed by atoms with Gasteiger partial charge in [0.15, 0.2) is 5.82 Å². The van der Waals surface area contributed by atoms with Crippen LogP contribution in [0.1, 0.15) is 65.9 Å². The van der Waals surface area contributed by atoms with Gasteiger partial charge in [-0.1, -0.05) is 6.07 Å². The normalized spacial score (nSPS) is 19.8. The third-order valence-corrected chi connectivity index (χ3v) is 10.4. The van der Waals surface area contributed by atoms with Crippen LogP contribution in [-0.4, -0.2) is 73.2 Å². The third-order valence-electron chi connectivity index (χ3n) is 8.56. The van der Waals surface area contributed by atoms with E-state index in [1.54, 1.807) is 12.1 Å². The maximum Gasteiger partial charge on any atom is 0.303 e. The van der Waals surface area contributed by atoms with Crippen LogP contribution in [0.4, 0.5) is 20.3 Å². The molecule has 2 fully saturated rings.